The molecule has 0 spiro atoms. The van der Waals surface area contributed by atoms with Crippen LogP contribution in [0.25, 0.3) is 5.76 Å². The number of ketones is 1. The van der Waals surface area contributed by atoms with Crippen LogP contribution in [0.3, 0.4) is 0 Å². The number of thiophene rings is 1. The molecule has 1 aliphatic rings. The first-order valence-corrected chi connectivity index (χ1v) is 8.43. The van der Waals surface area contributed by atoms with Crippen LogP contribution in [0.2, 0.25) is 0 Å². The van der Waals surface area contributed by atoms with Gasteiger partial charge in [0.05, 0.1) is 4.88 Å². The molecule has 112 valence electrons. The van der Waals surface area contributed by atoms with Gasteiger partial charge >= 0.3 is 5.97 Å². The second-order valence-corrected chi connectivity index (χ2v) is 6.98. The van der Waals surface area contributed by atoms with E-state index < -0.39 is 11.9 Å². The van der Waals surface area contributed by atoms with E-state index in [1.165, 1.54) is 11.3 Å². The largest absolute Gasteiger partial charge is 0.424 e. The molecular weight excluding hydrogens is 364 g/mol. The Hall–Kier alpha value is -1.72. The summed E-state index contributed by atoms with van der Waals surface area (Å²) in [5, 5.41) is 1.89. The summed E-state index contributed by atoms with van der Waals surface area (Å²) in [7, 11) is 0. The lowest BCUT2D eigenvalue weighted by molar-refractivity contribution is -0.143. The van der Waals surface area contributed by atoms with Crippen LogP contribution in [-0.4, -0.2) is 11.8 Å². The van der Waals surface area contributed by atoms with Gasteiger partial charge in [0.15, 0.2) is 11.5 Å². The van der Waals surface area contributed by atoms with Crippen molar-refractivity contribution in [1.82, 2.24) is 0 Å². The topological polar surface area (TPSA) is 43.4 Å². The quantitative estimate of drug-likeness (QED) is 0.573. The maximum absolute atomic E-state index is 12.7. The zero-order valence-electron chi connectivity index (χ0n) is 12.1. The highest BCUT2D eigenvalue weighted by Crippen LogP contribution is 2.37. The van der Waals surface area contributed by atoms with Gasteiger partial charge in [0.2, 0.25) is 0 Å². The molecule has 5 heteroatoms. The summed E-state index contributed by atoms with van der Waals surface area (Å²) in [6, 6.07) is 9.28. The minimum absolute atomic E-state index is 0.204. The number of hydrogen-bond acceptors (Lipinski definition) is 4. The summed E-state index contributed by atoms with van der Waals surface area (Å²) in [6.07, 6.45) is 0. The number of esters is 1. The smallest absolute Gasteiger partial charge is 0.326 e. The predicted octanol–water partition coefficient (Wildman–Crippen LogP) is 4.46. The van der Waals surface area contributed by atoms with E-state index in [-0.39, 0.29) is 5.78 Å². The Labute approximate surface area is 140 Å². The molecule has 1 atom stereocenters. The Kier molecular flexibility index (Phi) is 4.02. The first kappa shape index (κ1) is 15.2. The van der Waals surface area contributed by atoms with Crippen LogP contribution in [0, 0.1) is 6.92 Å². The Balaban J connectivity index is 2.06. The fourth-order valence-electron chi connectivity index (χ4n) is 2.45. The number of rotatable bonds is 2. The molecule has 2 aromatic rings. The molecule has 1 aliphatic heterocycles. The number of hydrogen-bond donors (Lipinski definition) is 0. The third-order valence-electron chi connectivity index (χ3n) is 3.62. The summed E-state index contributed by atoms with van der Waals surface area (Å²) in [6.45, 7) is 3.66. The van der Waals surface area contributed by atoms with E-state index in [0.717, 1.165) is 14.9 Å². The van der Waals surface area contributed by atoms with Gasteiger partial charge in [0.1, 0.15) is 5.92 Å². The van der Waals surface area contributed by atoms with E-state index in [4.69, 9.17) is 4.74 Å². The number of aryl methyl sites for hydroxylation is 1. The van der Waals surface area contributed by atoms with Gasteiger partial charge in [-0.25, -0.2) is 0 Å². The van der Waals surface area contributed by atoms with Gasteiger partial charge in [-0.3, -0.25) is 9.59 Å². The van der Waals surface area contributed by atoms with E-state index in [1.807, 2.05) is 36.6 Å². The number of carbonyl (C=O) groups is 2. The number of Topliss-reactive ketones (excluding diaryl/α,β-unsaturated/α-hetero) is 1. The average molecular weight is 377 g/mol. The SMILES string of the molecule is CC1=C(c2cccs2)OC(=O)C(c2ccc(C)cc2Br)C1=O. The third kappa shape index (κ3) is 2.55. The summed E-state index contributed by atoms with van der Waals surface area (Å²) >= 11 is 4.88. The van der Waals surface area contributed by atoms with Gasteiger partial charge in [-0.2, -0.15) is 0 Å². The van der Waals surface area contributed by atoms with Crippen LogP contribution in [0.1, 0.15) is 28.8 Å². The Morgan fingerprint density at radius 2 is 1.95 bits per heavy atom. The predicted molar refractivity (Wildman–Crippen MR) is 89.6 cm³/mol. The van der Waals surface area contributed by atoms with Crippen LogP contribution >= 0.6 is 27.3 Å². The lowest BCUT2D eigenvalue weighted by atomic mass is 9.88. The lowest BCUT2D eigenvalue weighted by Crippen LogP contribution is -2.30. The molecule has 0 aliphatic carbocycles. The molecule has 0 saturated carbocycles. The molecule has 22 heavy (non-hydrogen) atoms. The number of carbonyl (C=O) groups excluding carboxylic acids is 2. The molecule has 1 unspecified atom stereocenters. The summed E-state index contributed by atoms with van der Waals surface area (Å²) < 4.78 is 6.22. The second kappa shape index (κ2) is 5.82. The van der Waals surface area contributed by atoms with E-state index in [0.29, 0.717) is 16.9 Å². The minimum Gasteiger partial charge on any atom is -0.424 e. The molecule has 0 bridgehead atoms. The van der Waals surface area contributed by atoms with Crippen molar-refractivity contribution in [2.45, 2.75) is 19.8 Å². The third-order valence-corrected chi connectivity index (χ3v) is 5.18. The van der Waals surface area contributed by atoms with Crippen molar-refractivity contribution in [3.63, 3.8) is 0 Å². The molecule has 0 radical (unpaired) electrons. The number of halogens is 1. The molecule has 1 aromatic heterocycles. The zero-order chi connectivity index (χ0) is 15.9. The Morgan fingerprint density at radius 1 is 1.18 bits per heavy atom. The van der Waals surface area contributed by atoms with Crippen molar-refractivity contribution in [2.75, 3.05) is 0 Å². The van der Waals surface area contributed by atoms with Gasteiger partial charge in [-0.1, -0.05) is 34.1 Å². The summed E-state index contributed by atoms with van der Waals surface area (Å²) in [5.74, 6) is -1.25. The normalized spacial score (nSPS) is 18.6. The fourth-order valence-corrected chi connectivity index (χ4v) is 3.93. The molecule has 2 heterocycles. The first-order chi connectivity index (χ1) is 10.5. The number of cyclic esters (lactones) is 1. The molecule has 0 saturated heterocycles. The highest BCUT2D eigenvalue weighted by Gasteiger charge is 2.39. The van der Waals surface area contributed by atoms with E-state index in [9.17, 15) is 9.59 Å². The zero-order valence-corrected chi connectivity index (χ0v) is 14.5. The van der Waals surface area contributed by atoms with Crippen LogP contribution in [0.5, 0.6) is 0 Å². The Morgan fingerprint density at radius 3 is 2.59 bits per heavy atom. The van der Waals surface area contributed by atoms with E-state index in [1.54, 1.807) is 13.0 Å². The van der Waals surface area contributed by atoms with Gasteiger partial charge in [-0.15, -0.1) is 11.3 Å². The monoisotopic (exact) mass is 376 g/mol. The number of benzene rings is 1. The van der Waals surface area contributed by atoms with Gasteiger partial charge in [0.25, 0.3) is 0 Å². The van der Waals surface area contributed by atoms with Crippen molar-refractivity contribution in [3.05, 3.63) is 61.8 Å². The maximum atomic E-state index is 12.7. The standard InChI is InChI=1S/C17H13BrO3S/c1-9-5-6-11(12(18)8-9)14-15(19)10(2)16(21-17(14)20)13-4-3-7-22-13/h3-8,14H,1-2H3. The summed E-state index contributed by atoms with van der Waals surface area (Å²) in [4.78, 5) is 25.9. The maximum Gasteiger partial charge on any atom is 0.326 e. The van der Waals surface area contributed by atoms with Crippen LogP contribution < -0.4 is 0 Å². The number of allylic oxidation sites excluding steroid dienone is 1. The molecule has 0 fully saturated rings. The van der Waals surface area contributed by atoms with Crippen molar-refractivity contribution in [2.24, 2.45) is 0 Å². The molecule has 3 rings (SSSR count). The highest BCUT2D eigenvalue weighted by atomic mass is 79.9. The molecular formula is C17H13BrO3S. The van der Waals surface area contributed by atoms with Crippen molar-refractivity contribution in [3.8, 4) is 0 Å². The molecule has 0 amide bonds. The van der Waals surface area contributed by atoms with Gasteiger partial charge in [0, 0.05) is 10.0 Å². The molecule has 0 N–H and O–H groups in total. The molecule has 3 nitrogen and oxygen atoms in total. The number of ether oxygens (including phenoxy) is 1. The Bertz CT molecular complexity index is 790. The van der Waals surface area contributed by atoms with Crippen LogP contribution in [0.15, 0.2) is 45.8 Å². The first-order valence-electron chi connectivity index (χ1n) is 6.75. The minimum atomic E-state index is -0.904. The van der Waals surface area contributed by atoms with Gasteiger partial charge in [-0.05, 0) is 42.5 Å². The molecule has 1 aromatic carbocycles. The average Bonchev–Trinajstić information content (AvgIpc) is 2.99. The second-order valence-electron chi connectivity index (χ2n) is 5.17. The highest BCUT2D eigenvalue weighted by molar-refractivity contribution is 9.10. The van der Waals surface area contributed by atoms with Crippen molar-refractivity contribution < 1.29 is 14.3 Å². The van der Waals surface area contributed by atoms with Crippen LogP contribution in [-0.2, 0) is 14.3 Å². The van der Waals surface area contributed by atoms with Crippen molar-refractivity contribution >= 4 is 44.8 Å². The van der Waals surface area contributed by atoms with Gasteiger partial charge < -0.3 is 4.74 Å². The van der Waals surface area contributed by atoms with E-state index in [2.05, 4.69) is 15.9 Å². The van der Waals surface area contributed by atoms with Crippen LogP contribution in [0.4, 0.5) is 0 Å². The van der Waals surface area contributed by atoms with Crippen molar-refractivity contribution in [1.29, 1.82) is 0 Å². The fraction of sp³-hybridized carbons (Fsp3) is 0.176. The lowest BCUT2D eigenvalue weighted by Gasteiger charge is -2.24. The summed E-state index contributed by atoms with van der Waals surface area (Å²) in [5.41, 5.74) is 2.18. The van der Waals surface area contributed by atoms with E-state index >= 15 is 0 Å².